The number of nitrogens with zero attached hydrogens (tertiary/aromatic N) is 2. The van der Waals surface area contributed by atoms with Gasteiger partial charge in [-0.05, 0) is 44.9 Å². The van der Waals surface area contributed by atoms with E-state index in [1.807, 2.05) is 0 Å². The fourth-order valence-corrected chi connectivity index (χ4v) is 2.81. The Kier molecular flexibility index (Phi) is 14.8. The van der Waals surface area contributed by atoms with E-state index < -0.39 is 0 Å². The summed E-state index contributed by atoms with van der Waals surface area (Å²) in [6.07, 6.45) is 28.1. The summed E-state index contributed by atoms with van der Waals surface area (Å²) < 4.78 is 0. The Bertz CT molecular complexity index is 589. The topological polar surface area (TPSA) is 54.9 Å². The third kappa shape index (κ3) is 14.8. The molecule has 1 N–H and O–H groups in total. The summed E-state index contributed by atoms with van der Waals surface area (Å²) in [6.45, 7) is 2.24. The van der Waals surface area contributed by atoms with Crippen molar-refractivity contribution in [1.29, 1.82) is 0 Å². The Balaban J connectivity index is 1.92. The largest absolute Gasteiger partial charge is 0.301 e. The molecule has 0 aliphatic rings. The van der Waals surface area contributed by atoms with E-state index in [-0.39, 0.29) is 5.91 Å². The van der Waals surface area contributed by atoms with E-state index in [4.69, 9.17) is 0 Å². The maximum Gasteiger partial charge on any atom is 0.226 e. The molecule has 0 aliphatic carbocycles. The normalized spacial score (nSPS) is 12.2. The van der Waals surface area contributed by atoms with E-state index in [1.165, 1.54) is 37.0 Å². The first-order valence-electron chi connectivity index (χ1n) is 9.99. The lowest BCUT2D eigenvalue weighted by molar-refractivity contribution is -0.116. The van der Waals surface area contributed by atoms with Crippen LogP contribution in [0.15, 0.2) is 54.1 Å². The van der Waals surface area contributed by atoms with Crippen molar-refractivity contribution < 1.29 is 4.79 Å². The lowest BCUT2D eigenvalue weighted by Crippen LogP contribution is -2.10. The SMILES string of the molecule is CCCCC/C=C/C/C=C/C/C=C/C/C=C/CCCC(=O)Nc1nncs1. The number of hydrogen-bond donors (Lipinski definition) is 1. The number of carbonyl (C=O) groups is 1. The molecule has 4 nitrogen and oxygen atoms in total. The average molecular weight is 388 g/mol. The summed E-state index contributed by atoms with van der Waals surface area (Å²) in [6, 6.07) is 0. The van der Waals surface area contributed by atoms with Crippen molar-refractivity contribution in [3.63, 3.8) is 0 Å². The third-order valence-corrected chi connectivity index (χ3v) is 4.45. The molecule has 0 radical (unpaired) electrons. The molecule has 1 aromatic rings. The average Bonchev–Trinajstić information content (AvgIpc) is 3.17. The first-order chi connectivity index (χ1) is 13.3. The van der Waals surface area contributed by atoms with E-state index in [9.17, 15) is 4.79 Å². The van der Waals surface area contributed by atoms with Crippen LogP contribution in [0, 0.1) is 0 Å². The van der Waals surface area contributed by atoms with Gasteiger partial charge in [-0.2, -0.15) is 0 Å². The van der Waals surface area contributed by atoms with Gasteiger partial charge in [0.1, 0.15) is 5.51 Å². The molecule has 27 heavy (non-hydrogen) atoms. The summed E-state index contributed by atoms with van der Waals surface area (Å²) in [5.41, 5.74) is 1.61. The first-order valence-corrected chi connectivity index (χ1v) is 10.9. The highest BCUT2D eigenvalue weighted by atomic mass is 32.1. The molecule has 0 bridgehead atoms. The predicted molar refractivity (Wildman–Crippen MR) is 117 cm³/mol. The van der Waals surface area contributed by atoms with Crippen LogP contribution in [-0.4, -0.2) is 16.1 Å². The molecule has 1 heterocycles. The molecule has 0 aromatic carbocycles. The Morgan fingerprint density at radius 1 is 0.926 bits per heavy atom. The number of nitrogens with one attached hydrogen (secondary N) is 1. The molecule has 0 saturated carbocycles. The number of allylic oxidation sites excluding steroid dienone is 8. The maximum absolute atomic E-state index is 11.7. The predicted octanol–water partition coefficient (Wildman–Crippen LogP) is 6.62. The van der Waals surface area contributed by atoms with E-state index in [2.05, 4.69) is 71.0 Å². The monoisotopic (exact) mass is 387 g/mol. The first kappa shape index (κ1) is 23.0. The van der Waals surface area contributed by atoms with Crippen LogP contribution in [0.3, 0.4) is 0 Å². The molecule has 0 atom stereocenters. The van der Waals surface area contributed by atoms with Crippen molar-refractivity contribution in [2.75, 3.05) is 5.32 Å². The van der Waals surface area contributed by atoms with E-state index in [0.717, 1.165) is 32.1 Å². The molecular formula is C22H33N3OS. The molecule has 0 saturated heterocycles. The number of carbonyl (C=O) groups excluding carboxylic acids is 1. The van der Waals surface area contributed by atoms with Gasteiger partial charge in [-0.1, -0.05) is 79.7 Å². The van der Waals surface area contributed by atoms with Gasteiger partial charge in [0.05, 0.1) is 0 Å². The summed E-state index contributed by atoms with van der Waals surface area (Å²) in [5, 5.41) is 10.8. The molecule has 0 spiro atoms. The van der Waals surface area contributed by atoms with E-state index in [1.54, 1.807) is 5.51 Å². The number of anilines is 1. The molecule has 1 amide bonds. The molecule has 1 aromatic heterocycles. The van der Waals surface area contributed by atoms with Crippen molar-refractivity contribution in [3.05, 3.63) is 54.1 Å². The molecular weight excluding hydrogens is 354 g/mol. The Morgan fingerprint density at radius 2 is 1.52 bits per heavy atom. The van der Waals surface area contributed by atoms with Gasteiger partial charge in [-0.3, -0.25) is 4.79 Å². The highest BCUT2D eigenvalue weighted by Crippen LogP contribution is 2.09. The Morgan fingerprint density at radius 3 is 2.07 bits per heavy atom. The zero-order chi connectivity index (χ0) is 19.4. The molecule has 5 heteroatoms. The second-order valence-electron chi connectivity index (χ2n) is 6.27. The minimum atomic E-state index is 0.00244. The van der Waals surface area contributed by atoms with Crippen LogP contribution in [0.25, 0.3) is 0 Å². The molecule has 148 valence electrons. The lowest BCUT2D eigenvalue weighted by atomic mass is 10.2. The fourth-order valence-electron chi connectivity index (χ4n) is 2.35. The van der Waals surface area contributed by atoms with Gasteiger partial charge in [0.25, 0.3) is 0 Å². The quantitative estimate of drug-likeness (QED) is 0.272. The van der Waals surface area contributed by atoms with Gasteiger partial charge < -0.3 is 5.32 Å². The Labute approximate surface area is 168 Å². The number of unbranched alkanes of at least 4 members (excludes halogenated alkanes) is 4. The van der Waals surface area contributed by atoms with E-state index in [0.29, 0.717) is 11.6 Å². The summed E-state index contributed by atoms with van der Waals surface area (Å²) in [5.74, 6) is 0.00244. The summed E-state index contributed by atoms with van der Waals surface area (Å²) >= 11 is 1.33. The maximum atomic E-state index is 11.7. The minimum Gasteiger partial charge on any atom is -0.301 e. The molecule has 1 rings (SSSR count). The smallest absolute Gasteiger partial charge is 0.226 e. The minimum absolute atomic E-state index is 0.00244. The van der Waals surface area contributed by atoms with Gasteiger partial charge in [-0.25, -0.2) is 0 Å². The van der Waals surface area contributed by atoms with Crippen molar-refractivity contribution in [2.45, 2.75) is 71.1 Å². The number of rotatable bonds is 15. The van der Waals surface area contributed by atoms with Gasteiger partial charge >= 0.3 is 0 Å². The fraction of sp³-hybridized carbons (Fsp3) is 0.500. The van der Waals surface area contributed by atoms with Crippen molar-refractivity contribution in [2.24, 2.45) is 0 Å². The zero-order valence-electron chi connectivity index (χ0n) is 16.5. The van der Waals surface area contributed by atoms with Gasteiger partial charge in [0.2, 0.25) is 11.0 Å². The van der Waals surface area contributed by atoms with Crippen LogP contribution in [-0.2, 0) is 4.79 Å². The van der Waals surface area contributed by atoms with Crippen LogP contribution in [0.5, 0.6) is 0 Å². The van der Waals surface area contributed by atoms with Crippen LogP contribution in [0.1, 0.15) is 71.1 Å². The standard InChI is InChI=1S/C22H33N3OS/c1-2-3-4-5-6-7-8-9-10-11-12-13-14-15-16-17-18-19-21(26)24-22-25-23-20-27-22/h6-7,9-10,12-13,15-16,20H,2-5,8,11,14,17-19H2,1H3,(H,24,25,26)/b7-6+,10-9+,13-12+,16-15+. The van der Waals surface area contributed by atoms with Gasteiger partial charge in [0, 0.05) is 6.42 Å². The molecule has 0 fully saturated rings. The van der Waals surface area contributed by atoms with E-state index >= 15 is 0 Å². The van der Waals surface area contributed by atoms with Crippen molar-refractivity contribution in [3.8, 4) is 0 Å². The molecule has 0 aliphatic heterocycles. The Hall–Kier alpha value is -2.01. The second-order valence-corrected chi connectivity index (χ2v) is 7.11. The van der Waals surface area contributed by atoms with Crippen molar-refractivity contribution in [1.82, 2.24) is 10.2 Å². The second kappa shape index (κ2) is 17.4. The highest BCUT2D eigenvalue weighted by molar-refractivity contribution is 7.13. The highest BCUT2D eigenvalue weighted by Gasteiger charge is 2.03. The van der Waals surface area contributed by atoms with Crippen LogP contribution in [0.2, 0.25) is 0 Å². The number of aromatic nitrogens is 2. The van der Waals surface area contributed by atoms with Gasteiger partial charge in [-0.15, -0.1) is 10.2 Å². The molecule has 0 unspecified atom stereocenters. The number of amides is 1. The van der Waals surface area contributed by atoms with Crippen LogP contribution >= 0.6 is 11.3 Å². The van der Waals surface area contributed by atoms with Crippen LogP contribution < -0.4 is 5.32 Å². The third-order valence-electron chi connectivity index (χ3n) is 3.84. The van der Waals surface area contributed by atoms with Crippen molar-refractivity contribution >= 4 is 22.4 Å². The van der Waals surface area contributed by atoms with Gasteiger partial charge in [0.15, 0.2) is 0 Å². The summed E-state index contributed by atoms with van der Waals surface area (Å²) in [4.78, 5) is 11.7. The lowest BCUT2D eigenvalue weighted by Gasteiger charge is -1.98. The zero-order valence-corrected chi connectivity index (χ0v) is 17.3. The summed E-state index contributed by atoms with van der Waals surface area (Å²) in [7, 11) is 0. The number of hydrogen-bond acceptors (Lipinski definition) is 4. The van der Waals surface area contributed by atoms with Crippen LogP contribution in [0.4, 0.5) is 5.13 Å².